The molecule has 0 spiro atoms. The van der Waals surface area contributed by atoms with E-state index >= 15 is 0 Å². The Hall–Kier alpha value is -3.43. The van der Waals surface area contributed by atoms with Crippen LogP contribution in [0.15, 0.2) is 97.1 Å². The van der Waals surface area contributed by atoms with Crippen LogP contribution < -0.4 is 4.74 Å². The molecule has 0 aliphatic rings. The van der Waals surface area contributed by atoms with Crippen LogP contribution in [-0.4, -0.2) is 12.4 Å². The van der Waals surface area contributed by atoms with E-state index in [1.54, 1.807) is 0 Å². The standard InChI is InChI=1S/C27H20O2S/c28-25(21-9-2-1-3-10-21)27-26(23-12-6-7-13-24(23)30-27)29-17-16-19-14-15-20-8-4-5-11-22(20)18-19/h1-15,18H,16-17H2. The van der Waals surface area contributed by atoms with Gasteiger partial charge in [0.25, 0.3) is 0 Å². The summed E-state index contributed by atoms with van der Waals surface area (Å²) in [5, 5.41) is 3.47. The molecule has 146 valence electrons. The van der Waals surface area contributed by atoms with Crippen LogP contribution in [0.4, 0.5) is 0 Å². The second-order valence-corrected chi connectivity index (χ2v) is 8.28. The number of hydrogen-bond donors (Lipinski definition) is 0. The molecular formula is C27H20O2S. The first kappa shape index (κ1) is 18.6. The second-order valence-electron chi connectivity index (χ2n) is 7.23. The maximum absolute atomic E-state index is 13.1. The number of benzene rings is 4. The second kappa shape index (κ2) is 8.13. The molecule has 5 aromatic rings. The van der Waals surface area contributed by atoms with Gasteiger partial charge in [0.1, 0.15) is 10.6 Å². The quantitative estimate of drug-likeness (QED) is 0.285. The third-order valence-electron chi connectivity index (χ3n) is 5.24. The van der Waals surface area contributed by atoms with Crippen molar-refractivity contribution in [2.75, 3.05) is 6.61 Å². The summed E-state index contributed by atoms with van der Waals surface area (Å²) < 4.78 is 7.31. The van der Waals surface area contributed by atoms with Gasteiger partial charge in [0.2, 0.25) is 5.78 Å². The van der Waals surface area contributed by atoms with Crippen LogP contribution in [0.25, 0.3) is 20.9 Å². The molecule has 0 N–H and O–H groups in total. The van der Waals surface area contributed by atoms with Crippen molar-refractivity contribution in [2.45, 2.75) is 6.42 Å². The first-order valence-electron chi connectivity index (χ1n) is 10.0. The van der Waals surface area contributed by atoms with E-state index in [1.807, 2.05) is 54.6 Å². The summed E-state index contributed by atoms with van der Waals surface area (Å²) in [5.74, 6) is 0.711. The number of hydrogen-bond acceptors (Lipinski definition) is 3. The number of ketones is 1. The Balaban J connectivity index is 1.42. The van der Waals surface area contributed by atoms with E-state index in [1.165, 1.54) is 27.7 Å². The van der Waals surface area contributed by atoms with Crippen molar-refractivity contribution in [1.82, 2.24) is 0 Å². The van der Waals surface area contributed by atoms with Crippen molar-refractivity contribution >= 4 is 38.0 Å². The molecule has 30 heavy (non-hydrogen) atoms. The fraction of sp³-hybridized carbons (Fsp3) is 0.0741. The van der Waals surface area contributed by atoms with Crippen LogP contribution in [0.1, 0.15) is 20.8 Å². The monoisotopic (exact) mass is 408 g/mol. The predicted molar refractivity (Wildman–Crippen MR) is 125 cm³/mol. The van der Waals surface area contributed by atoms with E-state index in [0.29, 0.717) is 22.8 Å². The lowest BCUT2D eigenvalue weighted by Gasteiger charge is -2.09. The Bertz CT molecular complexity index is 1340. The zero-order valence-electron chi connectivity index (χ0n) is 16.4. The van der Waals surface area contributed by atoms with Gasteiger partial charge in [-0.2, -0.15) is 0 Å². The summed E-state index contributed by atoms with van der Waals surface area (Å²) in [5.41, 5.74) is 1.91. The molecule has 2 nitrogen and oxygen atoms in total. The molecule has 4 aromatic carbocycles. The topological polar surface area (TPSA) is 26.3 Å². The Labute approximate surface area is 179 Å². The zero-order valence-corrected chi connectivity index (χ0v) is 17.2. The Morgan fingerprint density at radius 1 is 0.767 bits per heavy atom. The molecule has 0 amide bonds. The van der Waals surface area contributed by atoms with Gasteiger partial charge in [0.15, 0.2) is 0 Å². The Morgan fingerprint density at radius 2 is 1.50 bits per heavy atom. The largest absolute Gasteiger partial charge is 0.491 e. The molecule has 0 fully saturated rings. The highest BCUT2D eigenvalue weighted by molar-refractivity contribution is 7.21. The van der Waals surface area contributed by atoms with Crippen LogP contribution in [0, 0.1) is 0 Å². The van der Waals surface area contributed by atoms with E-state index in [-0.39, 0.29) is 5.78 Å². The molecule has 0 aliphatic heterocycles. The molecule has 3 heteroatoms. The van der Waals surface area contributed by atoms with E-state index < -0.39 is 0 Å². The number of fused-ring (bicyclic) bond motifs is 2. The van der Waals surface area contributed by atoms with Crippen molar-refractivity contribution in [1.29, 1.82) is 0 Å². The minimum Gasteiger partial charge on any atom is -0.491 e. The van der Waals surface area contributed by atoms with E-state index in [4.69, 9.17) is 4.74 Å². The van der Waals surface area contributed by atoms with E-state index in [0.717, 1.165) is 16.5 Å². The number of rotatable bonds is 6. The SMILES string of the molecule is O=C(c1ccccc1)c1sc2ccccc2c1OCCc1ccc2ccccc2c1. The van der Waals surface area contributed by atoms with Crippen molar-refractivity contribution in [3.63, 3.8) is 0 Å². The van der Waals surface area contributed by atoms with Crippen LogP contribution in [0.5, 0.6) is 5.75 Å². The Morgan fingerprint density at radius 3 is 2.37 bits per heavy atom. The van der Waals surface area contributed by atoms with Gasteiger partial charge >= 0.3 is 0 Å². The Kier molecular flexibility index (Phi) is 5.04. The zero-order chi connectivity index (χ0) is 20.3. The first-order valence-corrected chi connectivity index (χ1v) is 10.8. The summed E-state index contributed by atoms with van der Waals surface area (Å²) in [6, 6.07) is 32.3. The molecule has 0 aliphatic carbocycles. The predicted octanol–water partition coefficient (Wildman–Crippen LogP) is 6.91. The molecule has 1 aromatic heterocycles. The fourth-order valence-corrected chi connectivity index (χ4v) is 4.81. The third kappa shape index (κ3) is 3.60. The molecule has 0 bridgehead atoms. The summed E-state index contributed by atoms with van der Waals surface area (Å²) >= 11 is 1.50. The van der Waals surface area contributed by atoms with Gasteiger partial charge < -0.3 is 4.74 Å². The smallest absolute Gasteiger partial charge is 0.206 e. The molecule has 0 radical (unpaired) electrons. The maximum Gasteiger partial charge on any atom is 0.206 e. The average molecular weight is 409 g/mol. The normalized spacial score (nSPS) is 11.1. The van der Waals surface area contributed by atoms with Gasteiger partial charge in [-0.25, -0.2) is 0 Å². The molecule has 0 atom stereocenters. The van der Waals surface area contributed by atoms with E-state index in [2.05, 4.69) is 42.5 Å². The first-order chi connectivity index (χ1) is 14.8. The van der Waals surface area contributed by atoms with Gasteiger partial charge in [-0.05, 0) is 28.5 Å². The molecule has 0 unspecified atom stereocenters. The highest BCUT2D eigenvalue weighted by Gasteiger charge is 2.21. The summed E-state index contributed by atoms with van der Waals surface area (Å²) in [6.45, 7) is 0.522. The van der Waals surface area contributed by atoms with Gasteiger partial charge in [-0.15, -0.1) is 11.3 Å². The summed E-state index contributed by atoms with van der Waals surface area (Å²) in [6.07, 6.45) is 0.786. The van der Waals surface area contributed by atoms with Gasteiger partial charge in [0, 0.05) is 22.1 Å². The van der Waals surface area contributed by atoms with Gasteiger partial charge in [0.05, 0.1) is 6.61 Å². The minimum absolute atomic E-state index is 0.0116. The maximum atomic E-state index is 13.1. The highest BCUT2D eigenvalue weighted by atomic mass is 32.1. The number of carbonyl (C=O) groups is 1. The van der Waals surface area contributed by atoms with Crippen LogP contribution in [0.3, 0.4) is 0 Å². The molecule has 0 saturated heterocycles. The molecule has 5 rings (SSSR count). The lowest BCUT2D eigenvalue weighted by Crippen LogP contribution is -2.05. The van der Waals surface area contributed by atoms with Crippen LogP contribution >= 0.6 is 11.3 Å². The van der Waals surface area contributed by atoms with Crippen LogP contribution in [-0.2, 0) is 6.42 Å². The van der Waals surface area contributed by atoms with Crippen molar-refractivity contribution in [3.05, 3.63) is 113 Å². The van der Waals surface area contributed by atoms with E-state index in [9.17, 15) is 4.79 Å². The van der Waals surface area contributed by atoms with Gasteiger partial charge in [-0.3, -0.25) is 4.79 Å². The lowest BCUT2D eigenvalue weighted by molar-refractivity contribution is 0.103. The molecule has 1 heterocycles. The van der Waals surface area contributed by atoms with Crippen molar-refractivity contribution in [3.8, 4) is 5.75 Å². The van der Waals surface area contributed by atoms with Crippen molar-refractivity contribution < 1.29 is 9.53 Å². The third-order valence-corrected chi connectivity index (χ3v) is 6.39. The fourth-order valence-electron chi connectivity index (χ4n) is 3.70. The van der Waals surface area contributed by atoms with Crippen LogP contribution in [0.2, 0.25) is 0 Å². The number of ether oxygens (including phenoxy) is 1. The summed E-state index contributed by atoms with van der Waals surface area (Å²) in [4.78, 5) is 13.8. The number of thiophene rings is 1. The van der Waals surface area contributed by atoms with Crippen molar-refractivity contribution in [2.24, 2.45) is 0 Å². The lowest BCUT2D eigenvalue weighted by atomic mass is 10.1. The minimum atomic E-state index is 0.0116. The highest BCUT2D eigenvalue weighted by Crippen LogP contribution is 2.39. The van der Waals surface area contributed by atoms with Gasteiger partial charge in [-0.1, -0.05) is 84.9 Å². The number of carbonyl (C=O) groups excluding carboxylic acids is 1. The average Bonchev–Trinajstić information content (AvgIpc) is 3.18. The summed E-state index contributed by atoms with van der Waals surface area (Å²) in [7, 11) is 0. The molecule has 0 saturated carbocycles. The molecular weight excluding hydrogens is 388 g/mol.